The van der Waals surface area contributed by atoms with E-state index in [-0.39, 0.29) is 10.7 Å². The van der Waals surface area contributed by atoms with Crippen molar-refractivity contribution in [1.82, 2.24) is 0 Å². The molecule has 34 heavy (non-hydrogen) atoms. The van der Waals surface area contributed by atoms with Crippen molar-refractivity contribution in [3.8, 4) is 11.3 Å². The number of rotatable bonds is 4. The molecule has 0 unspecified atom stereocenters. The zero-order valence-electron chi connectivity index (χ0n) is 17.7. The molecule has 2 heterocycles. The predicted molar refractivity (Wildman–Crippen MR) is 145 cm³/mol. The molecule has 0 atom stereocenters. The minimum absolute atomic E-state index is 0.0372. The molecule has 5 rings (SSSR count). The highest BCUT2D eigenvalue weighted by molar-refractivity contribution is 14.1. The average Bonchev–Trinajstić information content (AvgIpc) is 3.32. The molecule has 0 aliphatic carbocycles. The van der Waals surface area contributed by atoms with Gasteiger partial charge in [-0.25, -0.2) is 0 Å². The first-order valence-electron chi connectivity index (χ1n) is 10.4. The van der Waals surface area contributed by atoms with Crippen LogP contribution in [0.4, 0.5) is 11.4 Å². The van der Waals surface area contributed by atoms with Crippen LogP contribution in [0.25, 0.3) is 17.4 Å². The lowest BCUT2D eigenvalue weighted by Crippen LogP contribution is -2.56. The summed E-state index contributed by atoms with van der Waals surface area (Å²) in [6.07, 6.45) is 1.48. The Balaban J connectivity index is 1.59. The second kappa shape index (κ2) is 9.36. The van der Waals surface area contributed by atoms with Crippen molar-refractivity contribution in [2.45, 2.75) is 0 Å². The molecule has 7 heteroatoms. The van der Waals surface area contributed by atoms with Crippen molar-refractivity contribution in [3.63, 3.8) is 0 Å². The van der Waals surface area contributed by atoms with E-state index in [4.69, 9.17) is 16.6 Å². The van der Waals surface area contributed by atoms with Crippen molar-refractivity contribution in [3.05, 3.63) is 112 Å². The Morgan fingerprint density at radius 2 is 1.32 bits per heavy atom. The van der Waals surface area contributed by atoms with E-state index in [0.717, 1.165) is 9.13 Å². The SMILES string of the molecule is O=C1C(=Cc2ccc(-c3cccc(I)c3)o2)C(=O)N(c2ccccc2)C(=S)N1c1ccccc1. The maximum atomic E-state index is 13.5. The fraction of sp³-hybridized carbons (Fsp3) is 0. The standard InChI is InChI=1S/C27H17IN2O3S/c28-19-9-7-8-18(16-19)24-15-14-22(33-24)17-23-25(31)29(20-10-3-1-4-11-20)27(34)30(26(23)32)21-12-5-2-6-13-21/h1-17H. The predicted octanol–water partition coefficient (Wildman–Crippen LogP) is 6.30. The van der Waals surface area contributed by atoms with E-state index < -0.39 is 11.8 Å². The van der Waals surface area contributed by atoms with Gasteiger partial charge >= 0.3 is 0 Å². The Morgan fingerprint density at radius 1 is 0.735 bits per heavy atom. The van der Waals surface area contributed by atoms with Gasteiger partial charge < -0.3 is 4.42 Å². The Morgan fingerprint density at radius 3 is 1.88 bits per heavy atom. The molecular weight excluding hydrogens is 559 g/mol. The van der Waals surface area contributed by atoms with Crippen molar-refractivity contribution in [2.75, 3.05) is 9.80 Å². The summed E-state index contributed by atoms with van der Waals surface area (Å²) in [5.41, 5.74) is 2.03. The fourth-order valence-corrected chi connectivity index (χ4v) is 4.63. The normalized spacial score (nSPS) is 14.0. The zero-order chi connectivity index (χ0) is 23.7. The summed E-state index contributed by atoms with van der Waals surface area (Å²) in [6.45, 7) is 0. The van der Waals surface area contributed by atoms with Gasteiger partial charge in [-0.1, -0.05) is 48.5 Å². The van der Waals surface area contributed by atoms with Gasteiger partial charge in [-0.15, -0.1) is 0 Å². The number of carbonyl (C=O) groups is 2. The maximum Gasteiger partial charge on any atom is 0.270 e. The van der Waals surface area contributed by atoms with Crippen molar-refractivity contribution in [1.29, 1.82) is 0 Å². The van der Waals surface area contributed by atoms with Gasteiger partial charge in [0.15, 0.2) is 5.11 Å². The van der Waals surface area contributed by atoms with Crippen LogP contribution in [-0.4, -0.2) is 16.9 Å². The van der Waals surface area contributed by atoms with Crippen LogP contribution in [0.3, 0.4) is 0 Å². The first-order valence-corrected chi connectivity index (χ1v) is 11.9. The van der Waals surface area contributed by atoms with Gasteiger partial charge in [0.25, 0.3) is 11.8 Å². The molecule has 4 aromatic rings. The van der Waals surface area contributed by atoms with Crippen LogP contribution < -0.4 is 9.80 Å². The second-order valence-electron chi connectivity index (χ2n) is 7.51. The lowest BCUT2D eigenvalue weighted by atomic mass is 10.1. The van der Waals surface area contributed by atoms with Crippen LogP contribution in [0.1, 0.15) is 5.76 Å². The maximum absolute atomic E-state index is 13.5. The molecule has 0 bridgehead atoms. The van der Waals surface area contributed by atoms with Crippen LogP contribution in [-0.2, 0) is 9.59 Å². The molecule has 0 radical (unpaired) electrons. The summed E-state index contributed by atoms with van der Waals surface area (Å²) >= 11 is 7.86. The Labute approximate surface area is 215 Å². The molecule has 2 amide bonds. The van der Waals surface area contributed by atoms with E-state index in [1.807, 2.05) is 66.7 Å². The Hall–Kier alpha value is -3.56. The number of halogens is 1. The lowest BCUT2D eigenvalue weighted by molar-refractivity contribution is -0.120. The number of carbonyl (C=O) groups excluding carboxylic acids is 2. The molecule has 3 aromatic carbocycles. The van der Waals surface area contributed by atoms with Crippen LogP contribution in [0.5, 0.6) is 0 Å². The first kappa shape index (κ1) is 22.2. The molecular formula is C27H17IN2O3S. The number of para-hydroxylation sites is 2. The van der Waals surface area contributed by atoms with Gasteiger partial charge in [0.2, 0.25) is 0 Å². The minimum Gasteiger partial charge on any atom is -0.457 e. The number of thiocarbonyl (C=S) groups is 1. The van der Waals surface area contributed by atoms with Gasteiger partial charge in [-0.3, -0.25) is 19.4 Å². The summed E-state index contributed by atoms with van der Waals surface area (Å²) in [4.78, 5) is 29.8. The highest BCUT2D eigenvalue weighted by Crippen LogP contribution is 2.31. The minimum atomic E-state index is -0.499. The Kier molecular flexibility index (Phi) is 6.12. The van der Waals surface area contributed by atoms with E-state index in [0.29, 0.717) is 22.9 Å². The largest absolute Gasteiger partial charge is 0.457 e. The number of hydrogen-bond acceptors (Lipinski definition) is 4. The summed E-state index contributed by atoms with van der Waals surface area (Å²) in [6, 6.07) is 29.6. The molecule has 0 N–H and O–H groups in total. The third kappa shape index (κ3) is 4.20. The van der Waals surface area contributed by atoms with Crippen molar-refractivity contribution in [2.24, 2.45) is 0 Å². The van der Waals surface area contributed by atoms with Gasteiger partial charge in [0.05, 0.1) is 11.4 Å². The highest BCUT2D eigenvalue weighted by atomic mass is 127. The molecule has 1 fully saturated rings. The Bertz CT molecular complexity index is 1370. The molecule has 0 saturated carbocycles. The third-order valence-electron chi connectivity index (χ3n) is 5.30. The zero-order valence-corrected chi connectivity index (χ0v) is 20.7. The molecule has 1 aromatic heterocycles. The van der Waals surface area contributed by atoms with Gasteiger partial charge in [0.1, 0.15) is 17.1 Å². The van der Waals surface area contributed by atoms with E-state index >= 15 is 0 Å². The third-order valence-corrected chi connectivity index (χ3v) is 6.34. The van der Waals surface area contributed by atoms with E-state index in [9.17, 15) is 9.59 Å². The van der Waals surface area contributed by atoms with Crippen LogP contribution in [0.2, 0.25) is 0 Å². The smallest absolute Gasteiger partial charge is 0.270 e. The number of amides is 2. The van der Waals surface area contributed by atoms with Crippen molar-refractivity contribution < 1.29 is 14.0 Å². The van der Waals surface area contributed by atoms with Gasteiger partial charge in [-0.05, 0) is 89.4 Å². The highest BCUT2D eigenvalue weighted by Gasteiger charge is 2.41. The number of anilines is 2. The number of hydrogen-bond donors (Lipinski definition) is 0. The number of furan rings is 1. The molecule has 5 nitrogen and oxygen atoms in total. The first-order chi connectivity index (χ1) is 16.5. The topological polar surface area (TPSA) is 53.8 Å². The van der Waals surface area contributed by atoms with Crippen LogP contribution in [0.15, 0.2) is 107 Å². The number of nitrogens with zero attached hydrogens (tertiary/aromatic N) is 2. The molecule has 0 spiro atoms. The van der Waals surface area contributed by atoms with Crippen LogP contribution >= 0.6 is 34.8 Å². The summed E-state index contributed by atoms with van der Waals surface area (Å²) < 4.78 is 7.06. The number of benzene rings is 3. The quantitative estimate of drug-likeness (QED) is 0.124. The monoisotopic (exact) mass is 576 g/mol. The molecule has 1 saturated heterocycles. The summed E-state index contributed by atoms with van der Waals surface area (Å²) in [5.74, 6) is 0.0528. The van der Waals surface area contributed by atoms with E-state index in [2.05, 4.69) is 22.6 Å². The summed E-state index contributed by atoms with van der Waals surface area (Å²) in [5, 5.41) is 0.101. The van der Waals surface area contributed by atoms with Gasteiger partial charge in [-0.2, -0.15) is 0 Å². The second-order valence-corrected chi connectivity index (χ2v) is 9.12. The molecule has 1 aliphatic rings. The van der Waals surface area contributed by atoms with E-state index in [1.165, 1.54) is 15.9 Å². The fourth-order valence-electron chi connectivity index (χ4n) is 3.71. The lowest BCUT2D eigenvalue weighted by Gasteiger charge is -2.36. The average molecular weight is 576 g/mol. The molecule has 166 valence electrons. The van der Waals surface area contributed by atoms with E-state index in [1.54, 1.807) is 30.3 Å². The summed E-state index contributed by atoms with van der Waals surface area (Å²) in [7, 11) is 0. The van der Waals surface area contributed by atoms with Crippen molar-refractivity contribution >= 4 is 69.2 Å². The molecule has 1 aliphatic heterocycles. The van der Waals surface area contributed by atoms with Gasteiger partial charge in [0, 0.05) is 9.13 Å². The van der Waals surface area contributed by atoms with Crippen LogP contribution in [0, 0.1) is 3.57 Å².